The van der Waals surface area contributed by atoms with Crippen LogP contribution < -0.4 is 15.8 Å². The molecule has 0 aromatic heterocycles. The van der Waals surface area contributed by atoms with Gasteiger partial charge < -0.3 is 11.1 Å². The Morgan fingerprint density at radius 1 is 1.39 bits per heavy atom. The molecule has 0 unspecified atom stereocenters. The van der Waals surface area contributed by atoms with Gasteiger partial charge in [0.1, 0.15) is 0 Å². The molecule has 0 fully saturated rings. The third-order valence-electron chi connectivity index (χ3n) is 2.24. The average Bonchev–Trinajstić information content (AvgIpc) is 2.37. The van der Waals surface area contributed by atoms with Gasteiger partial charge in [0.05, 0.1) is 11.4 Å². The van der Waals surface area contributed by atoms with Crippen LogP contribution >= 0.6 is 0 Å². The quantitative estimate of drug-likeness (QED) is 0.653. The monoisotopic (exact) mass is 271 g/mol. The number of likely N-dealkylation sites (N-methyl/N-ethyl adjacent to an activating group) is 1. The molecule has 0 heterocycles. The van der Waals surface area contributed by atoms with Gasteiger partial charge in [-0.15, -0.1) is 0 Å². The predicted molar refractivity (Wildman–Crippen MR) is 68.2 cm³/mol. The summed E-state index contributed by atoms with van der Waals surface area (Å²) in [6.45, 7) is 2.21. The number of carbonyl (C=O) groups excluding carboxylic acids is 1. The smallest absolute Gasteiger partial charge is 0.241 e. The molecule has 0 bridgehead atoms. The van der Waals surface area contributed by atoms with Gasteiger partial charge in [0, 0.05) is 13.1 Å². The molecule has 0 spiro atoms. The van der Waals surface area contributed by atoms with E-state index in [0.717, 1.165) is 5.56 Å². The van der Waals surface area contributed by atoms with Gasteiger partial charge in [0.15, 0.2) is 0 Å². The zero-order chi connectivity index (χ0) is 13.6. The molecule has 18 heavy (non-hydrogen) atoms. The fraction of sp³-hybridized carbons (Fsp3) is 0.364. The van der Waals surface area contributed by atoms with Crippen molar-refractivity contribution in [2.75, 3.05) is 13.1 Å². The number of benzene rings is 1. The standard InChI is InChI=1S/C11H17N3O3S/c1-2-13-11(15)8-14-18(16,17)10-5-3-4-9(6-10)7-12/h3-6,14H,2,7-8,12H2,1H3,(H,13,15). The number of nitrogens with one attached hydrogen (secondary N) is 2. The maximum atomic E-state index is 11.9. The minimum Gasteiger partial charge on any atom is -0.355 e. The lowest BCUT2D eigenvalue weighted by Crippen LogP contribution is -2.36. The summed E-state index contributed by atoms with van der Waals surface area (Å²) in [6, 6.07) is 6.30. The topological polar surface area (TPSA) is 101 Å². The Balaban J connectivity index is 2.76. The van der Waals surface area contributed by atoms with E-state index in [1.807, 2.05) is 0 Å². The van der Waals surface area contributed by atoms with Gasteiger partial charge in [-0.1, -0.05) is 12.1 Å². The first-order chi connectivity index (χ1) is 8.49. The molecule has 1 rings (SSSR count). The first-order valence-electron chi connectivity index (χ1n) is 5.55. The summed E-state index contributed by atoms with van der Waals surface area (Å²) in [5.74, 6) is -0.365. The molecule has 0 radical (unpaired) electrons. The highest BCUT2D eigenvalue weighted by atomic mass is 32.2. The van der Waals surface area contributed by atoms with E-state index in [4.69, 9.17) is 5.73 Å². The molecule has 6 nitrogen and oxygen atoms in total. The van der Waals surface area contributed by atoms with Crippen LogP contribution in [0, 0.1) is 0 Å². The van der Waals surface area contributed by atoms with Crippen LogP contribution in [0.25, 0.3) is 0 Å². The molecule has 0 aliphatic carbocycles. The summed E-state index contributed by atoms with van der Waals surface area (Å²) in [5.41, 5.74) is 6.16. The molecule has 0 saturated heterocycles. The number of sulfonamides is 1. The Labute approximate surface area is 107 Å². The SMILES string of the molecule is CCNC(=O)CNS(=O)(=O)c1cccc(CN)c1. The second kappa shape index (κ2) is 6.48. The zero-order valence-electron chi connectivity index (χ0n) is 10.1. The van der Waals surface area contributed by atoms with Crippen LogP contribution in [0.5, 0.6) is 0 Å². The van der Waals surface area contributed by atoms with Crippen LogP contribution in [-0.2, 0) is 21.4 Å². The van der Waals surface area contributed by atoms with Gasteiger partial charge in [0.25, 0.3) is 0 Å². The lowest BCUT2D eigenvalue weighted by Gasteiger charge is -2.07. The van der Waals surface area contributed by atoms with Gasteiger partial charge in [-0.2, -0.15) is 0 Å². The van der Waals surface area contributed by atoms with E-state index >= 15 is 0 Å². The van der Waals surface area contributed by atoms with Crippen LogP contribution in [0.3, 0.4) is 0 Å². The molecule has 4 N–H and O–H groups in total. The molecule has 100 valence electrons. The molecular formula is C11H17N3O3S. The van der Waals surface area contributed by atoms with E-state index in [1.54, 1.807) is 19.1 Å². The van der Waals surface area contributed by atoms with Gasteiger partial charge in [-0.05, 0) is 24.6 Å². The summed E-state index contributed by atoms with van der Waals surface area (Å²) in [5, 5.41) is 2.51. The second-order valence-corrected chi connectivity index (χ2v) is 5.40. The predicted octanol–water partition coefficient (Wildman–Crippen LogP) is -0.440. The fourth-order valence-corrected chi connectivity index (χ4v) is 2.40. The molecule has 1 amide bonds. The Kier molecular flexibility index (Phi) is 5.26. The van der Waals surface area contributed by atoms with Crippen molar-refractivity contribution in [1.82, 2.24) is 10.0 Å². The molecule has 0 atom stereocenters. The molecule has 1 aromatic rings. The Bertz CT molecular complexity index is 514. The van der Waals surface area contributed by atoms with Gasteiger partial charge in [-0.3, -0.25) is 4.79 Å². The van der Waals surface area contributed by atoms with Crippen molar-refractivity contribution < 1.29 is 13.2 Å². The zero-order valence-corrected chi connectivity index (χ0v) is 11.0. The second-order valence-electron chi connectivity index (χ2n) is 3.63. The van der Waals surface area contributed by atoms with Crippen molar-refractivity contribution in [2.24, 2.45) is 5.73 Å². The Morgan fingerprint density at radius 3 is 2.72 bits per heavy atom. The summed E-state index contributed by atoms with van der Waals surface area (Å²) in [7, 11) is -3.67. The van der Waals surface area contributed by atoms with E-state index in [2.05, 4.69) is 10.0 Å². The highest BCUT2D eigenvalue weighted by Gasteiger charge is 2.15. The number of rotatable bonds is 6. The average molecular weight is 271 g/mol. The summed E-state index contributed by atoms with van der Waals surface area (Å²) in [4.78, 5) is 11.3. The number of carbonyl (C=O) groups is 1. The van der Waals surface area contributed by atoms with Crippen molar-refractivity contribution >= 4 is 15.9 Å². The van der Waals surface area contributed by atoms with E-state index in [1.165, 1.54) is 12.1 Å². The minimum atomic E-state index is -3.67. The summed E-state index contributed by atoms with van der Waals surface area (Å²) in [6.07, 6.45) is 0. The van der Waals surface area contributed by atoms with Gasteiger partial charge >= 0.3 is 0 Å². The first-order valence-corrected chi connectivity index (χ1v) is 7.03. The Hall–Kier alpha value is -1.44. The lowest BCUT2D eigenvalue weighted by molar-refractivity contribution is -0.119. The minimum absolute atomic E-state index is 0.106. The van der Waals surface area contributed by atoms with Gasteiger partial charge in [0.2, 0.25) is 15.9 Å². The Morgan fingerprint density at radius 2 is 2.11 bits per heavy atom. The van der Waals surface area contributed by atoms with Gasteiger partial charge in [-0.25, -0.2) is 13.1 Å². The molecule has 0 aliphatic rings. The number of nitrogens with two attached hydrogens (primary N) is 1. The maximum absolute atomic E-state index is 11.9. The van der Waals surface area contributed by atoms with Crippen molar-refractivity contribution in [3.8, 4) is 0 Å². The van der Waals surface area contributed by atoms with E-state index in [9.17, 15) is 13.2 Å². The number of amides is 1. The van der Waals surface area contributed by atoms with E-state index in [0.29, 0.717) is 6.54 Å². The van der Waals surface area contributed by atoms with Crippen LogP contribution in [-0.4, -0.2) is 27.4 Å². The maximum Gasteiger partial charge on any atom is 0.241 e. The lowest BCUT2D eigenvalue weighted by atomic mass is 10.2. The van der Waals surface area contributed by atoms with E-state index < -0.39 is 10.0 Å². The molecule has 0 saturated carbocycles. The number of hydrogen-bond donors (Lipinski definition) is 3. The normalized spacial score (nSPS) is 11.2. The van der Waals surface area contributed by atoms with Crippen molar-refractivity contribution in [3.63, 3.8) is 0 Å². The summed E-state index contributed by atoms with van der Waals surface area (Å²) >= 11 is 0. The summed E-state index contributed by atoms with van der Waals surface area (Å²) < 4.78 is 26.0. The van der Waals surface area contributed by atoms with E-state index in [-0.39, 0.29) is 23.9 Å². The molecular weight excluding hydrogens is 254 g/mol. The molecule has 7 heteroatoms. The van der Waals surface area contributed by atoms with Crippen molar-refractivity contribution in [2.45, 2.75) is 18.4 Å². The van der Waals surface area contributed by atoms with Crippen molar-refractivity contribution in [1.29, 1.82) is 0 Å². The highest BCUT2D eigenvalue weighted by Crippen LogP contribution is 2.10. The highest BCUT2D eigenvalue weighted by molar-refractivity contribution is 7.89. The molecule has 1 aromatic carbocycles. The van der Waals surface area contributed by atoms with Crippen LogP contribution in [0.2, 0.25) is 0 Å². The van der Waals surface area contributed by atoms with Crippen LogP contribution in [0.4, 0.5) is 0 Å². The first kappa shape index (κ1) is 14.6. The van der Waals surface area contributed by atoms with Crippen LogP contribution in [0.15, 0.2) is 29.2 Å². The third kappa shape index (κ3) is 4.10. The third-order valence-corrected chi connectivity index (χ3v) is 3.64. The largest absolute Gasteiger partial charge is 0.355 e. The fourth-order valence-electron chi connectivity index (χ4n) is 1.34. The number of hydrogen-bond acceptors (Lipinski definition) is 4. The van der Waals surface area contributed by atoms with Crippen molar-refractivity contribution in [3.05, 3.63) is 29.8 Å². The van der Waals surface area contributed by atoms with Crippen LogP contribution in [0.1, 0.15) is 12.5 Å². The molecule has 0 aliphatic heterocycles.